The number of halogens is 1. The van der Waals surface area contributed by atoms with E-state index in [9.17, 15) is 9.18 Å². The van der Waals surface area contributed by atoms with Gasteiger partial charge >= 0.3 is 0 Å². The molecule has 2 fully saturated rings. The summed E-state index contributed by atoms with van der Waals surface area (Å²) in [6, 6.07) is 1.44. The van der Waals surface area contributed by atoms with E-state index in [0.29, 0.717) is 38.8 Å². The smallest absolute Gasteiger partial charge is 0.257 e. The zero-order chi connectivity index (χ0) is 16.3. The number of amides is 1. The fraction of sp³-hybridized carbons (Fsp3) is 0.647. The number of carbonyl (C=O) groups is 1. The van der Waals surface area contributed by atoms with Crippen molar-refractivity contribution in [3.8, 4) is 0 Å². The molecule has 0 radical (unpaired) electrons. The molecule has 0 bridgehead atoms. The Labute approximate surface area is 135 Å². The van der Waals surface area contributed by atoms with Gasteiger partial charge in [0.2, 0.25) is 0 Å². The minimum Gasteiger partial charge on any atom is -0.381 e. The lowest BCUT2D eigenvalue weighted by atomic mass is 9.89. The molecule has 2 heterocycles. The molecule has 1 aromatic heterocycles. The third-order valence-electron chi connectivity index (χ3n) is 4.92. The van der Waals surface area contributed by atoms with Crippen LogP contribution in [0.1, 0.15) is 36.5 Å². The molecule has 6 heteroatoms. The van der Waals surface area contributed by atoms with E-state index in [1.54, 1.807) is 4.90 Å². The van der Waals surface area contributed by atoms with Gasteiger partial charge < -0.3 is 14.4 Å². The highest BCUT2D eigenvalue weighted by Gasteiger charge is 2.48. The molecule has 3 rings (SSSR count). The summed E-state index contributed by atoms with van der Waals surface area (Å²) in [5.74, 6) is -0.565. The van der Waals surface area contributed by atoms with Gasteiger partial charge in [-0.25, -0.2) is 4.39 Å². The summed E-state index contributed by atoms with van der Waals surface area (Å²) in [6.07, 6.45) is 5.57. The third-order valence-corrected chi connectivity index (χ3v) is 4.92. The van der Waals surface area contributed by atoms with Crippen LogP contribution in [0.25, 0.3) is 0 Å². The van der Waals surface area contributed by atoms with Crippen molar-refractivity contribution in [2.45, 2.75) is 31.8 Å². The number of hydrogen-bond acceptors (Lipinski definition) is 4. The normalized spacial score (nSPS) is 27.6. The Balaban J connectivity index is 1.75. The van der Waals surface area contributed by atoms with Crippen LogP contribution in [0.3, 0.4) is 0 Å². The van der Waals surface area contributed by atoms with Gasteiger partial charge in [0.05, 0.1) is 37.1 Å². The lowest BCUT2D eigenvalue weighted by Gasteiger charge is -2.44. The van der Waals surface area contributed by atoms with Crippen LogP contribution in [0, 0.1) is 11.7 Å². The van der Waals surface area contributed by atoms with E-state index in [2.05, 4.69) is 4.98 Å². The average Bonchev–Trinajstić information content (AvgIpc) is 2.94. The van der Waals surface area contributed by atoms with Crippen LogP contribution in [-0.2, 0) is 9.47 Å². The van der Waals surface area contributed by atoms with Crippen LogP contribution in [0.4, 0.5) is 4.39 Å². The molecule has 1 saturated carbocycles. The standard InChI is InChI=1S/C17H23FN2O3/c1-2-22-11-13-4-3-6-17(13)12-20(8-9-23-17)16(21)14-5-7-19-10-15(14)18/h5,7,10,13H,2-4,6,8-9,11-12H2,1H3/t13-,17+/m0/s1. The fourth-order valence-corrected chi connectivity index (χ4v) is 3.71. The van der Waals surface area contributed by atoms with Crippen LogP contribution in [0.5, 0.6) is 0 Å². The first-order valence-corrected chi connectivity index (χ1v) is 8.27. The number of rotatable bonds is 4. The van der Waals surface area contributed by atoms with E-state index >= 15 is 0 Å². The molecule has 1 aliphatic carbocycles. The first-order valence-electron chi connectivity index (χ1n) is 8.27. The van der Waals surface area contributed by atoms with Gasteiger partial charge in [-0.15, -0.1) is 0 Å². The van der Waals surface area contributed by atoms with Gasteiger partial charge in [0.15, 0.2) is 5.82 Å². The van der Waals surface area contributed by atoms with Gasteiger partial charge in [0.1, 0.15) is 0 Å². The minimum absolute atomic E-state index is 0.0800. The number of carbonyl (C=O) groups excluding carboxylic acids is 1. The van der Waals surface area contributed by atoms with Crippen molar-refractivity contribution in [1.82, 2.24) is 9.88 Å². The van der Waals surface area contributed by atoms with Crippen LogP contribution >= 0.6 is 0 Å². The largest absolute Gasteiger partial charge is 0.381 e. The quantitative estimate of drug-likeness (QED) is 0.853. The van der Waals surface area contributed by atoms with Crippen LogP contribution in [-0.4, -0.2) is 54.3 Å². The molecular weight excluding hydrogens is 299 g/mol. The van der Waals surface area contributed by atoms with E-state index in [0.717, 1.165) is 25.5 Å². The van der Waals surface area contributed by atoms with Crippen LogP contribution in [0.15, 0.2) is 18.5 Å². The van der Waals surface area contributed by atoms with E-state index in [1.165, 1.54) is 12.3 Å². The van der Waals surface area contributed by atoms with Crippen molar-refractivity contribution in [3.05, 3.63) is 29.8 Å². The van der Waals surface area contributed by atoms with E-state index in [4.69, 9.17) is 9.47 Å². The highest BCUT2D eigenvalue weighted by molar-refractivity contribution is 5.94. The van der Waals surface area contributed by atoms with Crippen LogP contribution in [0.2, 0.25) is 0 Å². The lowest BCUT2D eigenvalue weighted by Crippen LogP contribution is -2.56. The summed E-state index contributed by atoms with van der Waals surface area (Å²) in [5.41, 5.74) is -0.261. The van der Waals surface area contributed by atoms with Gasteiger partial charge in [-0.05, 0) is 25.8 Å². The molecule has 23 heavy (non-hydrogen) atoms. The van der Waals surface area contributed by atoms with Crippen molar-refractivity contribution >= 4 is 5.91 Å². The molecule has 2 aliphatic rings. The van der Waals surface area contributed by atoms with Gasteiger partial charge in [-0.1, -0.05) is 6.42 Å². The molecule has 0 aromatic carbocycles. The second-order valence-electron chi connectivity index (χ2n) is 6.24. The second-order valence-corrected chi connectivity index (χ2v) is 6.24. The first kappa shape index (κ1) is 16.3. The number of pyridine rings is 1. The van der Waals surface area contributed by atoms with Crippen molar-refractivity contribution < 1.29 is 18.7 Å². The maximum Gasteiger partial charge on any atom is 0.257 e. The molecule has 1 aliphatic heterocycles. The Morgan fingerprint density at radius 1 is 1.61 bits per heavy atom. The third kappa shape index (κ3) is 3.23. The van der Waals surface area contributed by atoms with Crippen LogP contribution < -0.4 is 0 Å². The second kappa shape index (κ2) is 6.93. The average molecular weight is 322 g/mol. The van der Waals surface area contributed by atoms with Gasteiger partial charge in [-0.3, -0.25) is 9.78 Å². The van der Waals surface area contributed by atoms with Crippen molar-refractivity contribution in [1.29, 1.82) is 0 Å². The highest BCUT2D eigenvalue weighted by Crippen LogP contribution is 2.41. The first-order chi connectivity index (χ1) is 11.2. The zero-order valence-electron chi connectivity index (χ0n) is 13.5. The molecule has 1 saturated heterocycles. The summed E-state index contributed by atoms with van der Waals surface area (Å²) in [6.45, 7) is 4.79. The molecule has 1 amide bonds. The molecule has 2 atom stereocenters. The predicted molar refractivity (Wildman–Crippen MR) is 82.6 cm³/mol. The molecule has 5 nitrogen and oxygen atoms in total. The Bertz CT molecular complexity index is 569. The lowest BCUT2D eigenvalue weighted by molar-refractivity contribution is -0.132. The maximum atomic E-state index is 13.8. The summed E-state index contributed by atoms with van der Waals surface area (Å²) in [7, 11) is 0. The Morgan fingerprint density at radius 3 is 3.26 bits per heavy atom. The fourth-order valence-electron chi connectivity index (χ4n) is 3.71. The van der Waals surface area contributed by atoms with Crippen molar-refractivity contribution in [3.63, 3.8) is 0 Å². The topological polar surface area (TPSA) is 51.7 Å². The van der Waals surface area contributed by atoms with E-state index < -0.39 is 5.82 Å². The maximum absolute atomic E-state index is 13.8. The Hall–Kier alpha value is -1.53. The van der Waals surface area contributed by atoms with Crippen molar-refractivity contribution in [2.24, 2.45) is 5.92 Å². The number of aromatic nitrogens is 1. The Kier molecular flexibility index (Phi) is 4.92. The zero-order valence-corrected chi connectivity index (χ0v) is 13.5. The summed E-state index contributed by atoms with van der Waals surface area (Å²) in [5, 5.41) is 0. The minimum atomic E-state index is -0.574. The van der Waals surface area contributed by atoms with E-state index in [-0.39, 0.29) is 17.1 Å². The summed E-state index contributed by atoms with van der Waals surface area (Å²) < 4.78 is 25.5. The Morgan fingerprint density at radius 2 is 2.48 bits per heavy atom. The van der Waals surface area contributed by atoms with Crippen molar-refractivity contribution in [2.75, 3.05) is 32.9 Å². The highest BCUT2D eigenvalue weighted by atomic mass is 19.1. The number of morpholine rings is 1. The van der Waals surface area contributed by atoms with Gasteiger partial charge in [0.25, 0.3) is 5.91 Å². The van der Waals surface area contributed by atoms with Gasteiger partial charge in [-0.2, -0.15) is 0 Å². The number of ether oxygens (including phenoxy) is 2. The number of hydrogen-bond donors (Lipinski definition) is 0. The molecule has 1 aromatic rings. The summed E-state index contributed by atoms with van der Waals surface area (Å²) >= 11 is 0. The molecule has 0 N–H and O–H groups in total. The SMILES string of the molecule is CCOC[C@@H]1CCC[C@@]12CN(C(=O)c1ccncc1F)CCO2. The molecule has 0 unspecified atom stereocenters. The van der Waals surface area contributed by atoms with E-state index in [1.807, 2.05) is 6.92 Å². The van der Waals surface area contributed by atoms with Gasteiger partial charge in [0, 0.05) is 25.3 Å². The summed E-state index contributed by atoms with van der Waals surface area (Å²) in [4.78, 5) is 18.1. The predicted octanol–water partition coefficient (Wildman–Crippen LogP) is 2.27. The number of nitrogens with zero attached hydrogens (tertiary/aromatic N) is 2. The molecular formula is C17H23FN2O3. The molecule has 1 spiro atoms. The monoisotopic (exact) mass is 322 g/mol. The molecule has 126 valence electrons.